The predicted octanol–water partition coefficient (Wildman–Crippen LogP) is 2.12. The highest BCUT2D eigenvalue weighted by atomic mass is 16.5. The molecule has 0 amide bonds. The van der Waals surface area contributed by atoms with Gasteiger partial charge in [0.1, 0.15) is 18.8 Å². The van der Waals surface area contributed by atoms with Gasteiger partial charge in [-0.1, -0.05) is 30.3 Å². The maximum atomic E-state index is 12.4. The molecule has 2 aromatic rings. The van der Waals surface area contributed by atoms with Crippen molar-refractivity contribution in [1.82, 2.24) is 0 Å². The van der Waals surface area contributed by atoms with Crippen LogP contribution in [0.2, 0.25) is 0 Å². The third kappa shape index (κ3) is 5.95. The van der Waals surface area contributed by atoms with E-state index in [0.29, 0.717) is 35.3 Å². The summed E-state index contributed by atoms with van der Waals surface area (Å²) in [7, 11) is 2.02. The Balaban J connectivity index is 1.83. The number of carbonyl (C=O) groups excluding carboxylic acids is 1. The molecule has 2 rings (SSSR count). The lowest BCUT2D eigenvalue weighted by Gasteiger charge is -2.33. The van der Waals surface area contributed by atoms with Gasteiger partial charge in [0.05, 0.1) is 33.4 Å². The Hall–Kier alpha value is -2.21. The highest BCUT2D eigenvalue weighted by molar-refractivity contribution is 6.08. The van der Waals surface area contributed by atoms with Crippen LogP contribution in [0.4, 0.5) is 0 Å². The molecular weight excluding hydrogens is 330 g/mol. The number of ether oxygens (including phenoxy) is 1. The predicted molar refractivity (Wildman–Crippen MR) is 101 cm³/mol. The fraction of sp³-hybridized carbons (Fsp3) is 0.381. The second kappa shape index (κ2) is 10.1. The number of aliphatic hydroxyl groups is 2. The van der Waals surface area contributed by atoms with Crippen LogP contribution < -0.4 is 4.74 Å². The number of ketones is 1. The van der Waals surface area contributed by atoms with Gasteiger partial charge in [-0.15, -0.1) is 0 Å². The Morgan fingerprint density at radius 1 is 0.885 bits per heavy atom. The van der Waals surface area contributed by atoms with Gasteiger partial charge in [-0.2, -0.15) is 0 Å². The number of hydrogen-bond acceptors (Lipinski definition) is 4. The molecular formula is C21H28NO4+. The molecule has 0 aromatic heterocycles. The Labute approximate surface area is 155 Å². The lowest BCUT2D eigenvalue weighted by molar-refractivity contribution is -0.910. The Bertz CT molecular complexity index is 664. The van der Waals surface area contributed by atoms with E-state index in [0.717, 1.165) is 18.7 Å². The zero-order chi connectivity index (χ0) is 18.8. The highest BCUT2D eigenvalue weighted by Crippen LogP contribution is 2.16. The maximum absolute atomic E-state index is 12.4. The molecule has 0 saturated carbocycles. The summed E-state index contributed by atoms with van der Waals surface area (Å²) in [5, 5.41) is 18.3. The molecule has 26 heavy (non-hydrogen) atoms. The zero-order valence-electron chi connectivity index (χ0n) is 15.3. The van der Waals surface area contributed by atoms with Crippen LogP contribution in [0.5, 0.6) is 5.75 Å². The van der Waals surface area contributed by atoms with Crippen LogP contribution in [0.3, 0.4) is 0 Å². The quantitative estimate of drug-likeness (QED) is 0.367. The average Bonchev–Trinajstić information content (AvgIpc) is 2.66. The Morgan fingerprint density at radius 3 is 2.04 bits per heavy atom. The molecule has 0 saturated heterocycles. The number of rotatable bonds is 11. The lowest BCUT2D eigenvalue weighted by Crippen LogP contribution is -2.49. The second-order valence-corrected chi connectivity index (χ2v) is 6.66. The van der Waals surface area contributed by atoms with Gasteiger partial charge in [0.2, 0.25) is 0 Å². The van der Waals surface area contributed by atoms with Crippen LogP contribution in [-0.2, 0) is 0 Å². The van der Waals surface area contributed by atoms with E-state index in [4.69, 9.17) is 14.9 Å². The molecule has 140 valence electrons. The van der Waals surface area contributed by atoms with Gasteiger partial charge in [-0.3, -0.25) is 4.79 Å². The minimum Gasteiger partial charge on any atom is -0.493 e. The van der Waals surface area contributed by atoms with Gasteiger partial charge < -0.3 is 19.4 Å². The van der Waals surface area contributed by atoms with Gasteiger partial charge >= 0.3 is 0 Å². The van der Waals surface area contributed by atoms with E-state index in [-0.39, 0.29) is 19.0 Å². The van der Waals surface area contributed by atoms with E-state index in [1.165, 1.54) is 0 Å². The third-order valence-electron chi connectivity index (χ3n) is 4.54. The smallest absolute Gasteiger partial charge is 0.193 e. The highest BCUT2D eigenvalue weighted by Gasteiger charge is 2.19. The SMILES string of the molecule is C[N+](CCO)(CCO)CCCOc1ccc(C(=O)c2ccccc2)cc1. The fourth-order valence-corrected chi connectivity index (χ4v) is 2.91. The molecule has 2 aromatic carbocycles. The van der Waals surface area contributed by atoms with Gasteiger partial charge in [-0.25, -0.2) is 0 Å². The monoisotopic (exact) mass is 358 g/mol. The van der Waals surface area contributed by atoms with Crippen molar-refractivity contribution in [2.45, 2.75) is 6.42 Å². The number of nitrogens with zero attached hydrogens (tertiary/aromatic N) is 1. The van der Waals surface area contributed by atoms with Crippen LogP contribution in [0.25, 0.3) is 0 Å². The standard InChI is InChI=1S/C21H28NO4/c1-22(13-15-23,14-16-24)12-5-17-26-20-10-8-19(9-11-20)21(25)18-6-3-2-4-7-18/h2-4,6-11,23-24H,5,12-17H2,1H3/q+1. The summed E-state index contributed by atoms with van der Waals surface area (Å²) in [6.45, 7) is 2.83. The van der Waals surface area contributed by atoms with Crippen LogP contribution in [0, 0.1) is 0 Å². The number of carbonyl (C=O) groups is 1. The van der Waals surface area contributed by atoms with Crippen LogP contribution in [0.15, 0.2) is 54.6 Å². The molecule has 0 bridgehead atoms. The summed E-state index contributed by atoms with van der Waals surface area (Å²) < 4.78 is 6.38. The van der Waals surface area contributed by atoms with Crippen LogP contribution in [0.1, 0.15) is 22.3 Å². The normalized spacial score (nSPS) is 11.3. The van der Waals surface area contributed by atoms with Crippen LogP contribution >= 0.6 is 0 Å². The minimum atomic E-state index is -0.00164. The third-order valence-corrected chi connectivity index (χ3v) is 4.54. The molecule has 0 aliphatic rings. The van der Waals surface area contributed by atoms with E-state index < -0.39 is 0 Å². The summed E-state index contributed by atoms with van der Waals surface area (Å²) >= 11 is 0. The molecule has 0 atom stereocenters. The number of aliphatic hydroxyl groups excluding tert-OH is 2. The second-order valence-electron chi connectivity index (χ2n) is 6.66. The summed E-state index contributed by atoms with van der Waals surface area (Å²) in [6.07, 6.45) is 0.821. The summed E-state index contributed by atoms with van der Waals surface area (Å²) in [5.41, 5.74) is 1.31. The molecule has 5 nitrogen and oxygen atoms in total. The molecule has 2 N–H and O–H groups in total. The molecule has 0 fully saturated rings. The molecule has 5 heteroatoms. The average molecular weight is 358 g/mol. The first kappa shape index (κ1) is 20.1. The Kier molecular flexibility index (Phi) is 7.78. The van der Waals surface area contributed by atoms with Crippen molar-refractivity contribution < 1.29 is 24.2 Å². The summed E-state index contributed by atoms with van der Waals surface area (Å²) in [6, 6.07) is 16.4. The number of likely N-dealkylation sites (N-methyl/N-ethyl adjacent to an activating group) is 1. The molecule has 0 aliphatic heterocycles. The molecule has 0 unspecified atom stereocenters. The van der Waals surface area contributed by atoms with Gasteiger partial charge in [0.15, 0.2) is 5.78 Å². The van der Waals surface area contributed by atoms with Crippen molar-refractivity contribution in [3.8, 4) is 5.75 Å². The van der Waals surface area contributed by atoms with Crippen molar-refractivity contribution >= 4 is 5.78 Å². The molecule has 0 aliphatic carbocycles. The summed E-state index contributed by atoms with van der Waals surface area (Å²) in [4.78, 5) is 12.4. The zero-order valence-corrected chi connectivity index (χ0v) is 15.3. The first-order chi connectivity index (χ1) is 12.6. The van der Waals surface area contributed by atoms with Crippen molar-refractivity contribution in [1.29, 1.82) is 0 Å². The molecule has 0 spiro atoms. The first-order valence-corrected chi connectivity index (χ1v) is 8.96. The van der Waals surface area contributed by atoms with Gasteiger partial charge in [-0.05, 0) is 24.3 Å². The fourth-order valence-electron chi connectivity index (χ4n) is 2.91. The van der Waals surface area contributed by atoms with Crippen LogP contribution in [-0.4, -0.2) is 67.0 Å². The maximum Gasteiger partial charge on any atom is 0.193 e. The van der Waals surface area contributed by atoms with Crippen molar-refractivity contribution in [3.63, 3.8) is 0 Å². The largest absolute Gasteiger partial charge is 0.493 e. The van der Waals surface area contributed by atoms with Crippen molar-refractivity contribution in [2.24, 2.45) is 0 Å². The number of hydrogen-bond donors (Lipinski definition) is 2. The van der Waals surface area contributed by atoms with E-state index >= 15 is 0 Å². The lowest BCUT2D eigenvalue weighted by atomic mass is 10.0. The minimum absolute atomic E-state index is 0.00164. The van der Waals surface area contributed by atoms with E-state index in [1.807, 2.05) is 37.4 Å². The Morgan fingerprint density at radius 2 is 1.46 bits per heavy atom. The number of quaternary nitrogens is 1. The number of benzene rings is 2. The first-order valence-electron chi connectivity index (χ1n) is 8.96. The molecule has 0 radical (unpaired) electrons. The topological polar surface area (TPSA) is 66.8 Å². The van der Waals surface area contributed by atoms with Gasteiger partial charge in [0.25, 0.3) is 0 Å². The van der Waals surface area contributed by atoms with Crippen molar-refractivity contribution in [2.75, 3.05) is 46.5 Å². The van der Waals surface area contributed by atoms with E-state index in [2.05, 4.69) is 0 Å². The molecule has 0 heterocycles. The summed E-state index contributed by atoms with van der Waals surface area (Å²) in [5.74, 6) is 0.728. The van der Waals surface area contributed by atoms with Crippen molar-refractivity contribution in [3.05, 3.63) is 65.7 Å². The van der Waals surface area contributed by atoms with Gasteiger partial charge in [0, 0.05) is 17.5 Å². The van der Waals surface area contributed by atoms with E-state index in [1.54, 1.807) is 24.3 Å². The van der Waals surface area contributed by atoms with E-state index in [9.17, 15) is 4.79 Å².